The van der Waals surface area contributed by atoms with Crippen LogP contribution in [-0.4, -0.2) is 29.1 Å². The first-order valence-electron chi connectivity index (χ1n) is 7.05. The molecule has 1 atom stereocenters. The Hall–Kier alpha value is -1.00. The van der Waals surface area contributed by atoms with E-state index >= 15 is 0 Å². The predicted octanol–water partition coefficient (Wildman–Crippen LogP) is 3.13. The molecule has 0 aliphatic heterocycles. The number of amides is 1. The van der Waals surface area contributed by atoms with Gasteiger partial charge < -0.3 is 10.6 Å². The van der Waals surface area contributed by atoms with E-state index in [9.17, 15) is 4.79 Å². The van der Waals surface area contributed by atoms with Crippen molar-refractivity contribution in [1.29, 1.82) is 0 Å². The van der Waals surface area contributed by atoms with E-state index in [-0.39, 0.29) is 17.9 Å². The maximum atomic E-state index is 12.5. The van der Waals surface area contributed by atoms with Gasteiger partial charge in [0.25, 0.3) is 0 Å². The van der Waals surface area contributed by atoms with Crippen LogP contribution in [0.15, 0.2) is 29.2 Å². The molecule has 0 radical (unpaired) electrons. The first-order valence-corrected chi connectivity index (χ1v) is 8.28. The highest BCUT2D eigenvalue weighted by Crippen LogP contribution is 2.17. The molecule has 20 heavy (non-hydrogen) atoms. The van der Waals surface area contributed by atoms with Gasteiger partial charge in [0.05, 0.1) is 6.04 Å². The first-order chi connectivity index (χ1) is 9.36. The Morgan fingerprint density at radius 1 is 1.20 bits per heavy atom. The lowest BCUT2D eigenvalue weighted by Gasteiger charge is -2.30. The summed E-state index contributed by atoms with van der Waals surface area (Å²) in [4.78, 5) is 15.5. The van der Waals surface area contributed by atoms with Crippen molar-refractivity contribution < 1.29 is 4.79 Å². The van der Waals surface area contributed by atoms with Crippen molar-refractivity contribution in [3.8, 4) is 0 Å². The molecule has 1 unspecified atom stereocenters. The van der Waals surface area contributed by atoms with Crippen molar-refractivity contribution in [2.24, 2.45) is 11.7 Å². The minimum absolute atomic E-state index is 0.0314. The molecule has 1 amide bonds. The van der Waals surface area contributed by atoms with Gasteiger partial charge in [-0.25, -0.2) is 0 Å². The summed E-state index contributed by atoms with van der Waals surface area (Å²) in [5.41, 5.74) is 7.14. The molecule has 1 aromatic carbocycles. The number of nitrogens with zero attached hydrogens (tertiary/aromatic N) is 1. The van der Waals surface area contributed by atoms with Crippen LogP contribution in [0.1, 0.15) is 33.3 Å². The first kappa shape index (κ1) is 17.1. The van der Waals surface area contributed by atoms with Gasteiger partial charge in [0.2, 0.25) is 5.91 Å². The molecule has 0 saturated carbocycles. The average Bonchev–Trinajstić information content (AvgIpc) is 2.43. The minimum Gasteiger partial charge on any atom is -0.335 e. The Kier molecular flexibility index (Phi) is 6.56. The normalized spacial score (nSPS) is 12.8. The SMILES string of the molecule is CSc1ccc(CN(C(=O)C(N)C(C)C)C(C)C)cc1. The summed E-state index contributed by atoms with van der Waals surface area (Å²) >= 11 is 1.72. The predicted molar refractivity (Wildman–Crippen MR) is 86.7 cm³/mol. The summed E-state index contributed by atoms with van der Waals surface area (Å²) in [7, 11) is 0. The highest BCUT2D eigenvalue weighted by molar-refractivity contribution is 7.98. The van der Waals surface area contributed by atoms with E-state index in [4.69, 9.17) is 5.73 Å². The van der Waals surface area contributed by atoms with Crippen molar-refractivity contribution >= 4 is 17.7 Å². The zero-order chi connectivity index (χ0) is 15.3. The second-order valence-electron chi connectivity index (χ2n) is 5.68. The fourth-order valence-corrected chi connectivity index (χ4v) is 2.33. The van der Waals surface area contributed by atoms with E-state index in [0.717, 1.165) is 5.56 Å². The van der Waals surface area contributed by atoms with Crippen molar-refractivity contribution in [2.75, 3.05) is 6.26 Å². The van der Waals surface area contributed by atoms with Crippen LogP contribution in [0.4, 0.5) is 0 Å². The van der Waals surface area contributed by atoms with E-state index in [1.807, 2.05) is 32.6 Å². The maximum Gasteiger partial charge on any atom is 0.240 e. The molecule has 0 spiro atoms. The Morgan fingerprint density at radius 2 is 1.75 bits per heavy atom. The minimum atomic E-state index is -0.428. The van der Waals surface area contributed by atoms with Gasteiger partial charge in [0, 0.05) is 17.5 Å². The summed E-state index contributed by atoms with van der Waals surface area (Å²) in [6.45, 7) is 8.64. The van der Waals surface area contributed by atoms with Gasteiger partial charge in [-0.2, -0.15) is 0 Å². The molecule has 0 aliphatic rings. The third kappa shape index (κ3) is 4.53. The third-order valence-corrected chi connectivity index (χ3v) is 4.17. The monoisotopic (exact) mass is 294 g/mol. The quantitative estimate of drug-likeness (QED) is 0.820. The smallest absolute Gasteiger partial charge is 0.240 e. The molecule has 0 fully saturated rings. The highest BCUT2D eigenvalue weighted by Gasteiger charge is 2.25. The molecule has 4 heteroatoms. The largest absolute Gasteiger partial charge is 0.335 e. The van der Waals surface area contributed by atoms with Gasteiger partial charge in [-0.1, -0.05) is 26.0 Å². The Morgan fingerprint density at radius 3 is 2.15 bits per heavy atom. The molecular formula is C16H26N2OS. The fourth-order valence-electron chi connectivity index (χ4n) is 1.92. The van der Waals surface area contributed by atoms with Crippen molar-refractivity contribution in [3.05, 3.63) is 29.8 Å². The zero-order valence-electron chi connectivity index (χ0n) is 13.1. The number of thioether (sulfide) groups is 1. The van der Waals surface area contributed by atoms with Crippen LogP contribution in [0, 0.1) is 5.92 Å². The number of nitrogens with two attached hydrogens (primary N) is 1. The molecule has 0 heterocycles. The van der Waals surface area contributed by atoms with E-state index < -0.39 is 6.04 Å². The average molecular weight is 294 g/mol. The lowest BCUT2D eigenvalue weighted by molar-refractivity contribution is -0.136. The van der Waals surface area contributed by atoms with Gasteiger partial charge in [0.1, 0.15) is 0 Å². The van der Waals surface area contributed by atoms with Crippen LogP contribution in [-0.2, 0) is 11.3 Å². The van der Waals surface area contributed by atoms with E-state index in [1.54, 1.807) is 11.8 Å². The third-order valence-electron chi connectivity index (χ3n) is 3.42. The van der Waals surface area contributed by atoms with Gasteiger partial charge in [-0.05, 0) is 43.7 Å². The van der Waals surface area contributed by atoms with E-state index in [0.29, 0.717) is 6.54 Å². The van der Waals surface area contributed by atoms with Crippen LogP contribution in [0.3, 0.4) is 0 Å². The molecule has 1 rings (SSSR count). The molecule has 2 N–H and O–H groups in total. The van der Waals surface area contributed by atoms with Crippen molar-refractivity contribution in [1.82, 2.24) is 4.90 Å². The van der Waals surface area contributed by atoms with Crippen LogP contribution in [0.5, 0.6) is 0 Å². The Labute approximate surface area is 126 Å². The number of carbonyl (C=O) groups excluding carboxylic acids is 1. The van der Waals surface area contributed by atoms with Gasteiger partial charge >= 0.3 is 0 Å². The number of rotatable bonds is 6. The maximum absolute atomic E-state index is 12.5. The van der Waals surface area contributed by atoms with Crippen molar-refractivity contribution in [2.45, 2.75) is 51.2 Å². The lowest BCUT2D eigenvalue weighted by Crippen LogP contribution is -2.48. The topological polar surface area (TPSA) is 46.3 Å². The molecule has 0 saturated heterocycles. The molecular weight excluding hydrogens is 268 g/mol. The molecule has 112 valence electrons. The summed E-state index contributed by atoms with van der Waals surface area (Å²) in [6, 6.07) is 8.05. The molecule has 0 aliphatic carbocycles. The second kappa shape index (κ2) is 7.70. The van der Waals surface area contributed by atoms with Crippen LogP contribution in [0.2, 0.25) is 0 Å². The van der Waals surface area contributed by atoms with Gasteiger partial charge in [0.15, 0.2) is 0 Å². The van der Waals surface area contributed by atoms with Crippen molar-refractivity contribution in [3.63, 3.8) is 0 Å². The van der Waals surface area contributed by atoms with E-state index in [1.165, 1.54) is 4.90 Å². The van der Waals surface area contributed by atoms with E-state index in [2.05, 4.69) is 30.5 Å². The lowest BCUT2D eigenvalue weighted by atomic mass is 10.0. The van der Waals surface area contributed by atoms with Gasteiger partial charge in [-0.15, -0.1) is 11.8 Å². The standard InChI is InChI=1S/C16H26N2OS/c1-11(2)15(17)16(19)18(12(3)4)10-13-6-8-14(20-5)9-7-13/h6-9,11-12,15H,10,17H2,1-5H3. The Balaban J connectivity index is 2.83. The summed E-state index contributed by atoms with van der Waals surface area (Å²) < 4.78 is 0. The summed E-state index contributed by atoms with van der Waals surface area (Å²) in [5.74, 6) is 0.187. The highest BCUT2D eigenvalue weighted by atomic mass is 32.2. The molecule has 0 aromatic heterocycles. The molecule has 3 nitrogen and oxygen atoms in total. The number of hydrogen-bond donors (Lipinski definition) is 1. The number of carbonyl (C=O) groups is 1. The molecule has 1 aromatic rings. The summed E-state index contributed by atoms with van der Waals surface area (Å²) in [5, 5.41) is 0. The van der Waals surface area contributed by atoms with Gasteiger partial charge in [-0.3, -0.25) is 4.79 Å². The zero-order valence-corrected chi connectivity index (χ0v) is 13.9. The fraction of sp³-hybridized carbons (Fsp3) is 0.562. The van der Waals surface area contributed by atoms with Crippen LogP contribution in [0.25, 0.3) is 0 Å². The van der Waals surface area contributed by atoms with Crippen LogP contribution >= 0.6 is 11.8 Å². The number of benzene rings is 1. The second-order valence-corrected chi connectivity index (χ2v) is 6.56. The Bertz CT molecular complexity index is 429. The summed E-state index contributed by atoms with van der Waals surface area (Å²) in [6.07, 6.45) is 2.06. The van der Waals surface area contributed by atoms with Crippen LogP contribution < -0.4 is 5.73 Å². The number of hydrogen-bond acceptors (Lipinski definition) is 3. The molecule has 0 bridgehead atoms.